The third-order valence-electron chi connectivity index (χ3n) is 24.8. The van der Waals surface area contributed by atoms with E-state index >= 15 is 0 Å². The van der Waals surface area contributed by atoms with Crippen molar-refractivity contribution in [3.63, 3.8) is 0 Å². The first-order valence-corrected chi connectivity index (χ1v) is 46.3. The summed E-state index contributed by atoms with van der Waals surface area (Å²) in [6.07, 6.45) is -26.9. The lowest BCUT2D eigenvalue weighted by Gasteiger charge is -2.52. The topological polar surface area (TPSA) is 621 Å². The maximum Gasteiger partial charge on any atom is 0.220 e. The number of rotatable bonds is 58. The number of ether oxygens (including phenoxy) is 14. The number of carbonyl (C=O) groups is 3. The molecule has 7 aliphatic heterocycles. The number of aliphatic hydroxyl groups is 20. The second-order valence-electron chi connectivity index (χ2n) is 34.9. The van der Waals surface area contributed by atoms with Crippen molar-refractivity contribution in [2.24, 2.45) is 0 Å². The zero-order valence-electron chi connectivity index (χ0n) is 74.0. The van der Waals surface area contributed by atoms with E-state index in [1.165, 1.54) is 142 Å². The first kappa shape index (κ1) is 110. The summed E-state index contributed by atoms with van der Waals surface area (Å²) < 4.78 is 84.3. The average molecular weight is 1820 g/mol. The Balaban J connectivity index is 1.00. The highest BCUT2D eigenvalue weighted by Crippen LogP contribution is 2.40. The van der Waals surface area contributed by atoms with E-state index in [4.69, 9.17) is 66.3 Å². The summed E-state index contributed by atoms with van der Waals surface area (Å²) in [7, 11) is 0. The molecule has 0 aliphatic carbocycles. The van der Waals surface area contributed by atoms with Gasteiger partial charge in [0, 0.05) is 20.3 Å². The molecule has 0 aromatic rings. The molecule has 0 aromatic heterocycles. The van der Waals surface area contributed by atoms with Gasteiger partial charge >= 0.3 is 0 Å². The number of nitrogens with one attached hydrogen (secondary N) is 3. The van der Waals surface area contributed by atoms with Gasteiger partial charge in [0.05, 0.1) is 64.5 Å². The van der Waals surface area contributed by atoms with E-state index in [0.29, 0.717) is 12.8 Å². The number of hydrogen-bond donors (Lipinski definition) is 23. The van der Waals surface area contributed by atoms with Crippen molar-refractivity contribution in [1.82, 2.24) is 16.0 Å². The van der Waals surface area contributed by atoms with Gasteiger partial charge in [-0.1, -0.05) is 206 Å². The van der Waals surface area contributed by atoms with E-state index in [9.17, 15) is 117 Å². The van der Waals surface area contributed by atoms with Crippen molar-refractivity contribution in [2.45, 2.75) is 467 Å². The fraction of sp³-hybridized carbons (Fsp3) is 0.942. The maximum atomic E-state index is 13.6. The van der Waals surface area contributed by atoms with Crippen LogP contribution in [0.1, 0.15) is 240 Å². The molecule has 3 amide bonds. The predicted octanol–water partition coefficient (Wildman–Crippen LogP) is -2.01. The summed E-state index contributed by atoms with van der Waals surface area (Å²) in [5, 5.41) is 233. The molecule has 37 atom stereocenters. The summed E-state index contributed by atoms with van der Waals surface area (Å²) in [5.74, 6) is -2.11. The molecule has 7 fully saturated rings. The third-order valence-corrected chi connectivity index (χ3v) is 24.8. The van der Waals surface area contributed by atoms with Gasteiger partial charge < -0.3 is 184 Å². The molecule has 0 bridgehead atoms. The van der Waals surface area contributed by atoms with Crippen molar-refractivity contribution < 1.29 is 183 Å². The van der Waals surface area contributed by atoms with Gasteiger partial charge in [-0.15, -0.1) is 0 Å². The first-order valence-electron chi connectivity index (χ1n) is 46.3. The molecule has 736 valence electrons. The summed E-state index contributed by atoms with van der Waals surface area (Å²) in [5.41, 5.74) is 0. The molecule has 0 aromatic carbocycles. The minimum absolute atomic E-state index is 0.169. The standard InChI is InChI=1S/C86H155N3O37/c1-6-8-10-12-14-16-18-20-21-22-23-24-25-27-29-31-33-35-37-39-58(99)89-50(51(98)38-36-34-32-30-28-26-19-17-15-13-11-9-7-2)46-113-82-71(110)68(107)74(56(44-94)119-82)121-84-72(111)69(108)75(57(45-95)120-84)122-85-73(112)77(64(103)54(42-92)117-85)124-81-60(88-49(5)97)76(63(102)53(41-91)116-81)123-86-79(126-83-70(109)67(106)61(100)47(3)114-83)78(65(104)55(43-93)118-86)125-80-59(87-48(4)96)66(105)62(101)52(40-90)115-80/h36,38,47,50-57,59-86,90-95,98,100-112H,6-35,37,39-46H2,1-5H3,(H,87,96)(H,88,97)(H,89,99)/b38-36+/t47?,50-,51+,52?,53?,54?,55?,56?,57?,59?,60?,61+,62-,63-,64-,65-,66+,67?,68+,69+,70-,71?,72?,73?,74+,75-,76+,77-,78-,79?,80+,81-,82+,83+,84-,85-,86-/m0/s1. The molecular formula is C86H155N3O37. The summed E-state index contributed by atoms with van der Waals surface area (Å²) >= 11 is 0. The molecular weight excluding hydrogens is 1670 g/mol. The van der Waals surface area contributed by atoms with Gasteiger partial charge in [-0.3, -0.25) is 14.4 Å². The minimum Gasteiger partial charge on any atom is -0.394 e. The summed E-state index contributed by atoms with van der Waals surface area (Å²) in [6.45, 7) is 0.947. The number of carbonyl (C=O) groups excluding carboxylic acids is 3. The van der Waals surface area contributed by atoms with Gasteiger partial charge in [-0.2, -0.15) is 0 Å². The maximum absolute atomic E-state index is 13.6. The van der Waals surface area contributed by atoms with E-state index in [1.807, 2.05) is 6.08 Å². The second kappa shape index (κ2) is 58.2. The molecule has 0 radical (unpaired) electrons. The highest BCUT2D eigenvalue weighted by molar-refractivity contribution is 5.76. The molecule has 7 heterocycles. The SMILES string of the molecule is CCCCCCCCCCCCC/C=C/[C@@H](O)[C@H](CO[C@@H]1OC(CO)[C@@H](O[C@@H]2OC(CO)[C@H](O[C@@H]3OC(CO)[C@H](O)[C@H](O[C@@H]4OC(CO)[C@H](O)[C@H](O[C@@H]5OC(CO)[C@H](O)[C@H](O[C@H]6OC(CO)[C@H](O)[C@H](O)C6NC(C)=O)C5O[C@H]5OC(C)[C@@H](O)C(O)[C@@H]5O)C4NC(C)=O)C3O)[C@H](O)C2O)[C@H](O)C1O)NC(=O)CCCCCCCCCCCCCCCCCCCCC. The molecule has 40 nitrogen and oxygen atoms in total. The van der Waals surface area contributed by atoms with Gasteiger partial charge in [0.15, 0.2) is 44.0 Å². The quantitative estimate of drug-likeness (QED) is 0.0231. The molecule has 23 N–H and O–H groups in total. The van der Waals surface area contributed by atoms with Crippen molar-refractivity contribution >= 4 is 17.7 Å². The Hall–Kier alpha value is -3.21. The Morgan fingerprint density at radius 1 is 0.325 bits per heavy atom. The van der Waals surface area contributed by atoms with E-state index in [2.05, 4.69) is 29.8 Å². The Kier molecular flexibility index (Phi) is 50.7. The monoisotopic (exact) mass is 1820 g/mol. The Bertz CT molecular complexity index is 2990. The fourth-order valence-corrected chi connectivity index (χ4v) is 17.2. The van der Waals surface area contributed by atoms with E-state index in [1.54, 1.807) is 6.08 Å². The second-order valence-corrected chi connectivity index (χ2v) is 34.9. The molecule has 0 saturated carbocycles. The number of aliphatic hydroxyl groups excluding tert-OH is 20. The molecule has 7 rings (SSSR count). The van der Waals surface area contributed by atoms with E-state index in [0.717, 1.165) is 65.2 Å². The van der Waals surface area contributed by atoms with Gasteiger partial charge in [0.25, 0.3) is 0 Å². The molecule has 7 aliphatic rings. The molecule has 40 heteroatoms. The Morgan fingerprint density at radius 2 is 0.667 bits per heavy atom. The first-order chi connectivity index (χ1) is 60.5. The van der Waals surface area contributed by atoms with Gasteiger partial charge in [-0.05, 0) is 26.2 Å². The van der Waals surface area contributed by atoms with Crippen molar-refractivity contribution in [1.29, 1.82) is 0 Å². The van der Waals surface area contributed by atoms with Gasteiger partial charge in [0.2, 0.25) is 17.7 Å². The van der Waals surface area contributed by atoms with Crippen LogP contribution < -0.4 is 16.0 Å². The Labute approximate surface area is 739 Å². The van der Waals surface area contributed by atoms with Crippen LogP contribution in [0, 0.1) is 0 Å². The number of unbranched alkanes of at least 4 members (excludes halogenated alkanes) is 29. The van der Waals surface area contributed by atoms with Crippen LogP contribution in [-0.4, -0.2) is 393 Å². The van der Waals surface area contributed by atoms with Crippen molar-refractivity contribution in [3.8, 4) is 0 Å². The van der Waals surface area contributed by atoms with E-state index < -0.39 is 285 Å². The smallest absolute Gasteiger partial charge is 0.220 e. The van der Waals surface area contributed by atoms with Crippen LogP contribution in [-0.2, 0) is 80.7 Å². The van der Waals surface area contributed by atoms with Crippen molar-refractivity contribution in [3.05, 3.63) is 12.2 Å². The Morgan fingerprint density at radius 3 is 1.14 bits per heavy atom. The van der Waals surface area contributed by atoms with Crippen LogP contribution in [0.2, 0.25) is 0 Å². The lowest BCUT2D eigenvalue weighted by Crippen LogP contribution is -2.71. The summed E-state index contributed by atoms with van der Waals surface area (Å²) in [6, 6.07) is -4.76. The fourth-order valence-electron chi connectivity index (χ4n) is 17.2. The van der Waals surface area contributed by atoms with Crippen LogP contribution in [0.4, 0.5) is 0 Å². The lowest BCUT2D eigenvalue weighted by atomic mass is 9.93. The largest absolute Gasteiger partial charge is 0.394 e. The normalized spacial score (nSPS) is 38.1. The van der Waals surface area contributed by atoms with Crippen LogP contribution in [0.15, 0.2) is 12.2 Å². The van der Waals surface area contributed by atoms with Crippen LogP contribution in [0.3, 0.4) is 0 Å². The number of allylic oxidation sites excluding steroid dienone is 1. The highest BCUT2D eigenvalue weighted by atomic mass is 16.8. The van der Waals surface area contributed by atoms with E-state index in [-0.39, 0.29) is 12.3 Å². The third kappa shape index (κ3) is 32.8. The van der Waals surface area contributed by atoms with Crippen LogP contribution in [0.5, 0.6) is 0 Å². The average Bonchev–Trinajstić information content (AvgIpc) is 0.758. The number of hydrogen-bond acceptors (Lipinski definition) is 37. The number of amides is 3. The lowest BCUT2D eigenvalue weighted by molar-refractivity contribution is -0.402. The minimum atomic E-state index is -2.34. The van der Waals surface area contributed by atoms with Gasteiger partial charge in [-0.25, -0.2) is 0 Å². The predicted molar refractivity (Wildman–Crippen MR) is 443 cm³/mol. The zero-order chi connectivity index (χ0) is 92.1. The summed E-state index contributed by atoms with van der Waals surface area (Å²) in [4.78, 5) is 39.5. The van der Waals surface area contributed by atoms with Gasteiger partial charge in [0.1, 0.15) is 165 Å². The van der Waals surface area contributed by atoms with Crippen LogP contribution in [0.25, 0.3) is 0 Å². The molecule has 0 spiro atoms. The highest BCUT2D eigenvalue weighted by Gasteiger charge is 2.60. The zero-order valence-corrected chi connectivity index (χ0v) is 74.0. The molecule has 126 heavy (non-hydrogen) atoms. The van der Waals surface area contributed by atoms with Crippen molar-refractivity contribution in [2.75, 3.05) is 46.2 Å². The molecule has 14 unspecified atom stereocenters. The van der Waals surface area contributed by atoms with Crippen LogP contribution >= 0.6 is 0 Å². The molecule has 7 saturated heterocycles.